The Morgan fingerprint density at radius 1 is 0.469 bits per heavy atom. The molecule has 2 nitrogen and oxygen atoms in total. The van der Waals surface area contributed by atoms with Gasteiger partial charge in [-0.25, -0.2) is 0 Å². The fourth-order valence-electron chi connectivity index (χ4n) is 1.94. The van der Waals surface area contributed by atoms with Crippen molar-refractivity contribution in [1.29, 1.82) is 0 Å². The molecule has 32 heavy (non-hydrogen) atoms. The van der Waals surface area contributed by atoms with E-state index >= 15 is 0 Å². The zero-order chi connectivity index (χ0) is 26.6. The van der Waals surface area contributed by atoms with Gasteiger partial charge >= 0.3 is 56.2 Å². The van der Waals surface area contributed by atoms with Gasteiger partial charge in [0.15, 0.2) is 0 Å². The van der Waals surface area contributed by atoms with Gasteiger partial charge < -0.3 is 8.85 Å². The first-order valence-electron chi connectivity index (χ1n) is 7.39. The average molecular weight is 538 g/mol. The number of hydrogen-bond acceptors (Lipinski definition) is 2. The molecule has 0 unspecified atom stereocenters. The van der Waals surface area contributed by atoms with E-state index in [-0.39, 0.29) is 0 Å². The van der Waals surface area contributed by atoms with Crippen LogP contribution >= 0.6 is 0 Å². The predicted octanol–water partition coefficient (Wildman–Crippen LogP) is 6.36. The molecule has 0 saturated heterocycles. The molecule has 0 fully saturated rings. The Bertz CT molecular complexity index is 667. The summed E-state index contributed by atoms with van der Waals surface area (Å²) >= 11 is 0. The van der Waals surface area contributed by atoms with Crippen LogP contribution in [0.3, 0.4) is 0 Å². The summed E-state index contributed by atoms with van der Waals surface area (Å²) in [6.07, 6.45) is -7.78. The number of alkyl halides is 17. The van der Waals surface area contributed by atoms with E-state index in [1.165, 1.54) is 0 Å². The second-order valence-electron chi connectivity index (χ2n) is 6.37. The van der Waals surface area contributed by atoms with Gasteiger partial charge in [-0.05, 0) is 6.55 Å². The number of hydrogen-bond donors (Lipinski definition) is 0. The summed E-state index contributed by atoms with van der Waals surface area (Å²) < 4.78 is 231. The Labute approximate surface area is 167 Å². The SMILES string of the molecule is CO[Si](C)(CC(F)(F)C(F)(F)C(F)(F)C(F)(F)C(F)(F)C(F)(F)C(F)(F)C(F)(F)F)OC. The largest absolute Gasteiger partial charge is 0.460 e. The lowest BCUT2D eigenvalue weighted by molar-refractivity contribution is -0.461. The molecule has 0 spiro atoms. The Morgan fingerprint density at radius 2 is 0.719 bits per heavy atom. The summed E-state index contributed by atoms with van der Waals surface area (Å²) in [7, 11) is -3.65. The minimum atomic E-state index is -8.63. The highest BCUT2D eigenvalue weighted by Crippen LogP contribution is 2.64. The molecule has 194 valence electrons. The molecule has 0 N–H and O–H groups in total. The molecule has 0 aliphatic rings. The van der Waals surface area contributed by atoms with E-state index in [2.05, 4.69) is 8.85 Å². The third-order valence-corrected chi connectivity index (χ3v) is 7.01. The molecule has 0 aromatic heterocycles. The van der Waals surface area contributed by atoms with E-state index in [1.54, 1.807) is 0 Å². The van der Waals surface area contributed by atoms with Crippen molar-refractivity contribution >= 4 is 8.56 Å². The summed E-state index contributed by atoms with van der Waals surface area (Å²) in [4.78, 5) is 0. The molecule has 0 rings (SSSR count). The Kier molecular flexibility index (Phi) is 7.75. The zero-order valence-corrected chi connectivity index (χ0v) is 16.4. The molecule has 0 saturated carbocycles. The van der Waals surface area contributed by atoms with Gasteiger partial charge in [-0.2, -0.15) is 74.6 Å². The van der Waals surface area contributed by atoms with Crippen LogP contribution < -0.4 is 0 Å². The minimum absolute atomic E-state index is 0.458. The molecular formula is C12H11F17O2Si. The van der Waals surface area contributed by atoms with Gasteiger partial charge in [0.05, 0.1) is 6.04 Å². The van der Waals surface area contributed by atoms with E-state index in [1.807, 2.05) is 0 Å². The zero-order valence-electron chi connectivity index (χ0n) is 15.4. The quantitative estimate of drug-likeness (QED) is 0.238. The monoisotopic (exact) mass is 538 g/mol. The molecule has 0 bridgehead atoms. The molecule has 0 atom stereocenters. The van der Waals surface area contributed by atoms with Crippen molar-refractivity contribution in [3.8, 4) is 0 Å². The summed E-state index contributed by atoms with van der Waals surface area (Å²) in [5.41, 5.74) is 0. The summed E-state index contributed by atoms with van der Waals surface area (Å²) in [6.45, 7) is 0.458. The second-order valence-corrected chi connectivity index (χ2v) is 9.81. The van der Waals surface area contributed by atoms with Gasteiger partial charge in [0, 0.05) is 14.2 Å². The minimum Gasteiger partial charge on any atom is -0.398 e. The van der Waals surface area contributed by atoms with Crippen LogP contribution in [0.5, 0.6) is 0 Å². The first-order chi connectivity index (χ1) is 13.6. The fraction of sp³-hybridized carbons (Fsp3) is 1.00. The van der Waals surface area contributed by atoms with Crippen molar-refractivity contribution in [3.63, 3.8) is 0 Å². The molecule has 0 aromatic rings. The lowest BCUT2D eigenvalue weighted by Gasteiger charge is -2.43. The molecule has 0 amide bonds. The highest BCUT2D eigenvalue weighted by molar-refractivity contribution is 6.66. The number of rotatable bonds is 10. The van der Waals surface area contributed by atoms with Crippen LogP contribution in [-0.4, -0.2) is 70.4 Å². The van der Waals surface area contributed by atoms with Crippen molar-refractivity contribution in [2.75, 3.05) is 14.2 Å². The maximum atomic E-state index is 13.8. The standard InChI is InChI=1S/C12H11F17O2Si/c1-30-32(3,31-2)4-5(13,14)6(15,16)7(17,18)8(19,20)9(21,22)10(23,24)11(25,26)12(27,28)29/h4H2,1-3H3. The van der Waals surface area contributed by atoms with Crippen LogP contribution in [0.1, 0.15) is 0 Å². The van der Waals surface area contributed by atoms with E-state index in [0.717, 1.165) is 0 Å². The van der Waals surface area contributed by atoms with E-state index in [4.69, 9.17) is 0 Å². The van der Waals surface area contributed by atoms with Crippen molar-refractivity contribution in [2.45, 2.75) is 60.2 Å². The van der Waals surface area contributed by atoms with Crippen LogP contribution in [0.2, 0.25) is 12.6 Å². The Morgan fingerprint density at radius 3 is 0.969 bits per heavy atom. The highest BCUT2D eigenvalue weighted by atomic mass is 28.4. The third-order valence-electron chi connectivity index (χ3n) is 4.19. The highest BCUT2D eigenvalue weighted by Gasteiger charge is 2.95. The maximum absolute atomic E-state index is 13.8. The first kappa shape index (κ1) is 30.9. The first-order valence-corrected chi connectivity index (χ1v) is 9.92. The summed E-state index contributed by atoms with van der Waals surface area (Å²) in [5, 5.41) is 0. The maximum Gasteiger partial charge on any atom is 0.460 e. The van der Waals surface area contributed by atoms with Gasteiger partial charge in [0.2, 0.25) is 0 Å². The third kappa shape index (κ3) is 4.13. The van der Waals surface area contributed by atoms with Gasteiger partial charge in [-0.3, -0.25) is 0 Å². The van der Waals surface area contributed by atoms with Crippen molar-refractivity contribution in [2.24, 2.45) is 0 Å². The smallest absolute Gasteiger partial charge is 0.398 e. The van der Waals surface area contributed by atoms with Crippen LogP contribution in [0.4, 0.5) is 74.6 Å². The van der Waals surface area contributed by atoms with E-state index in [9.17, 15) is 74.6 Å². The van der Waals surface area contributed by atoms with Gasteiger partial charge in [0.25, 0.3) is 0 Å². The van der Waals surface area contributed by atoms with Crippen molar-refractivity contribution in [1.82, 2.24) is 0 Å². The molecule has 0 radical (unpaired) electrons. The van der Waals surface area contributed by atoms with Crippen LogP contribution in [0.25, 0.3) is 0 Å². The van der Waals surface area contributed by atoms with Gasteiger partial charge in [0.1, 0.15) is 0 Å². The molecule has 0 heterocycles. The Balaban J connectivity index is 6.72. The molecule has 0 aliphatic heterocycles. The Hall–Kier alpha value is -1.05. The lowest BCUT2D eigenvalue weighted by atomic mass is 9.89. The van der Waals surface area contributed by atoms with Crippen molar-refractivity contribution in [3.05, 3.63) is 0 Å². The average Bonchev–Trinajstić information content (AvgIpc) is 2.59. The van der Waals surface area contributed by atoms with E-state index in [0.29, 0.717) is 20.8 Å². The predicted molar refractivity (Wildman–Crippen MR) is 71.1 cm³/mol. The summed E-state index contributed by atoms with van der Waals surface area (Å²) in [6, 6.07) is -2.69. The van der Waals surface area contributed by atoms with Crippen LogP contribution in [0.15, 0.2) is 0 Å². The normalized spacial score (nSPS) is 16.5. The molecular weight excluding hydrogens is 527 g/mol. The van der Waals surface area contributed by atoms with Gasteiger partial charge in [-0.1, -0.05) is 0 Å². The molecule has 0 aliphatic carbocycles. The molecule has 20 heteroatoms. The number of halogens is 17. The van der Waals surface area contributed by atoms with Crippen LogP contribution in [-0.2, 0) is 8.85 Å². The second kappa shape index (κ2) is 8.02. The van der Waals surface area contributed by atoms with Crippen LogP contribution in [0, 0.1) is 0 Å². The topological polar surface area (TPSA) is 18.5 Å². The molecule has 0 aromatic carbocycles. The summed E-state index contributed by atoms with van der Waals surface area (Å²) in [5.74, 6) is -56.4. The van der Waals surface area contributed by atoms with E-state index < -0.39 is 62.2 Å². The van der Waals surface area contributed by atoms with Gasteiger partial charge in [-0.15, -0.1) is 0 Å². The lowest BCUT2D eigenvalue weighted by Crippen LogP contribution is -2.74. The fourth-order valence-corrected chi connectivity index (χ4v) is 3.42. The van der Waals surface area contributed by atoms with Crippen molar-refractivity contribution < 1.29 is 83.5 Å².